The molecule has 6 heteroatoms. The van der Waals surface area contributed by atoms with Gasteiger partial charge >= 0.3 is 0 Å². The van der Waals surface area contributed by atoms with Crippen LogP contribution in [0.25, 0.3) is 0 Å². The molecular weight excluding hydrogens is 304 g/mol. The molecule has 3 rings (SSSR count). The van der Waals surface area contributed by atoms with Gasteiger partial charge in [0, 0.05) is 37.7 Å². The summed E-state index contributed by atoms with van der Waals surface area (Å²) >= 11 is 7.36. The van der Waals surface area contributed by atoms with Crippen LogP contribution < -0.4 is 0 Å². The minimum atomic E-state index is 0.723. The van der Waals surface area contributed by atoms with Crippen LogP contribution >= 0.6 is 23.1 Å². The van der Waals surface area contributed by atoms with Gasteiger partial charge in [0.15, 0.2) is 0 Å². The summed E-state index contributed by atoms with van der Waals surface area (Å²) in [7, 11) is 0. The van der Waals surface area contributed by atoms with Crippen molar-refractivity contribution in [2.75, 3.05) is 26.2 Å². The normalized spacial score (nSPS) is 17.8. The van der Waals surface area contributed by atoms with Crippen molar-refractivity contribution < 1.29 is 0 Å². The SMILES string of the molecule is Clc1snnc1CN1CCCN(Cc2ccccc2)CC1. The molecule has 1 fully saturated rings. The van der Waals surface area contributed by atoms with E-state index in [2.05, 4.69) is 49.7 Å². The van der Waals surface area contributed by atoms with Gasteiger partial charge in [-0.2, -0.15) is 0 Å². The molecule has 21 heavy (non-hydrogen) atoms. The van der Waals surface area contributed by atoms with E-state index in [1.807, 2.05) is 0 Å². The van der Waals surface area contributed by atoms with E-state index in [1.165, 1.54) is 23.5 Å². The fourth-order valence-electron chi connectivity index (χ4n) is 2.69. The van der Waals surface area contributed by atoms with E-state index < -0.39 is 0 Å². The summed E-state index contributed by atoms with van der Waals surface area (Å²) < 4.78 is 4.63. The number of benzene rings is 1. The lowest BCUT2D eigenvalue weighted by molar-refractivity contribution is 0.245. The lowest BCUT2D eigenvalue weighted by Crippen LogP contribution is -2.30. The third kappa shape index (κ3) is 4.23. The maximum Gasteiger partial charge on any atom is 0.138 e. The third-order valence-electron chi connectivity index (χ3n) is 3.81. The molecule has 0 saturated carbocycles. The zero-order valence-electron chi connectivity index (χ0n) is 11.9. The van der Waals surface area contributed by atoms with Gasteiger partial charge in [0.2, 0.25) is 0 Å². The third-order valence-corrected chi connectivity index (χ3v) is 4.80. The van der Waals surface area contributed by atoms with Crippen molar-refractivity contribution in [3.8, 4) is 0 Å². The molecule has 112 valence electrons. The molecule has 2 heterocycles. The molecule has 0 N–H and O–H groups in total. The van der Waals surface area contributed by atoms with Gasteiger partial charge in [-0.05, 0) is 25.1 Å². The molecule has 0 unspecified atom stereocenters. The summed E-state index contributed by atoms with van der Waals surface area (Å²) in [6.45, 7) is 6.24. The van der Waals surface area contributed by atoms with Gasteiger partial charge in [-0.1, -0.05) is 46.4 Å². The molecule has 2 aromatic rings. The maximum atomic E-state index is 6.09. The van der Waals surface area contributed by atoms with Crippen molar-refractivity contribution >= 4 is 23.1 Å². The molecule has 1 aromatic heterocycles. The zero-order chi connectivity index (χ0) is 14.5. The lowest BCUT2D eigenvalue weighted by atomic mass is 10.2. The second-order valence-electron chi connectivity index (χ2n) is 5.38. The number of rotatable bonds is 4. The Bertz CT molecular complexity index is 560. The Kier molecular flexibility index (Phi) is 5.19. The summed E-state index contributed by atoms with van der Waals surface area (Å²) in [5, 5.41) is 4.11. The molecule has 0 atom stereocenters. The Hall–Kier alpha value is -1.01. The Morgan fingerprint density at radius 3 is 2.38 bits per heavy atom. The monoisotopic (exact) mass is 322 g/mol. The van der Waals surface area contributed by atoms with Gasteiger partial charge < -0.3 is 0 Å². The summed E-state index contributed by atoms with van der Waals surface area (Å²) in [6.07, 6.45) is 1.18. The van der Waals surface area contributed by atoms with Crippen LogP contribution in [0.2, 0.25) is 4.34 Å². The average Bonchev–Trinajstić information content (AvgIpc) is 2.77. The minimum Gasteiger partial charge on any atom is -0.298 e. The van der Waals surface area contributed by atoms with Crippen LogP contribution in [0.4, 0.5) is 0 Å². The number of hydrogen-bond donors (Lipinski definition) is 0. The van der Waals surface area contributed by atoms with Crippen LogP contribution in [0.5, 0.6) is 0 Å². The van der Waals surface area contributed by atoms with Crippen LogP contribution in [0.15, 0.2) is 30.3 Å². The van der Waals surface area contributed by atoms with Gasteiger partial charge in [-0.3, -0.25) is 9.80 Å². The van der Waals surface area contributed by atoms with Crippen molar-refractivity contribution in [2.24, 2.45) is 0 Å². The van der Waals surface area contributed by atoms with Gasteiger partial charge in [0.05, 0.1) is 0 Å². The second-order valence-corrected chi connectivity index (χ2v) is 6.74. The smallest absolute Gasteiger partial charge is 0.138 e. The van der Waals surface area contributed by atoms with Crippen LogP contribution in [-0.4, -0.2) is 45.6 Å². The molecule has 0 amide bonds. The molecule has 0 bridgehead atoms. The van der Waals surface area contributed by atoms with Crippen molar-refractivity contribution in [1.29, 1.82) is 0 Å². The molecule has 0 aliphatic carbocycles. The number of nitrogens with zero attached hydrogens (tertiary/aromatic N) is 4. The molecule has 1 aliphatic rings. The molecule has 4 nitrogen and oxygen atoms in total. The lowest BCUT2D eigenvalue weighted by Gasteiger charge is -2.21. The Labute approximate surface area is 134 Å². The predicted molar refractivity (Wildman–Crippen MR) is 86.5 cm³/mol. The van der Waals surface area contributed by atoms with Gasteiger partial charge in [0.1, 0.15) is 10.0 Å². The van der Waals surface area contributed by atoms with E-state index in [0.717, 1.165) is 49.3 Å². The number of halogens is 1. The average molecular weight is 323 g/mol. The quantitative estimate of drug-likeness (QED) is 0.866. The van der Waals surface area contributed by atoms with E-state index in [4.69, 9.17) is 11.6 Å². The van der Waals surface area contributed by atoms with Crippen LogP contribution in [0.3, 0.4) is 0 Å². The van der Waals surface area contributed by atoms with E-state index in [-0.39, 0.29) is 0 Å². The Morgan fingerprint density at radius 2 is 1.71 bits per heavy atom. The molecule has 1 aromatic carbocycles. The highest BCUT2D eigenvalue weighted by Crippen LogP contribution is 2.19. The first-order chi connectivity index (χ1) is 10.3. The highest BCUT2D eigenvalue weighted by atomic mass is 35.5. The van der Waals surface area contributed by atoms with Crippen molar-refractivity contribution in [3.05, 3.63) is 45.9 Å². The molecule has 0 spiro atoms. The van der Waals surface area contributed by atoms with Crippen LogP contribution in [-0.2, 0) is 13.1 Å². The molecular formula is C15H19ClN4S. The summed E-state index contributed by atoms with van der Waals surface area (Å²) in [5.74, 6) is 0. The Balaban J connectivity index is 1.53. The number of hydrogen-bond acceptors (Lipinski definition) is 5. The second kappa shape index (κ2) is 7.31. The summed E-state index contributed by atoms with van der Waals surface area (Å²) in [5.41, 5.74) is 2.30. The van der Waals surface area contributed by atoms with Crippen LogP contribution in [0, 0.1) is 0 Å². The zero-order valence-corrected chi connectivity index (χ0v) is 13.5. The fourth-order valence-corrected chi connectivity index (χ4v) is 3.30. The topological polar surface area (TPSA) is 32.3 Å². The van der Waals surface area contributed by atoms with E-state index in [1.54, 1.807) is 0 Å². The largest absolute Gasteiger partial charge is 0.298 e. The standard InChI is InChI=1S/C15H19ClN4S/c16-15-14(17-18-21-15)12-20-8-4-7-19(9-10-20)11-13-5-2-1-3-6-13/h1-3,5-6H,4,7-12H2. The first kappa shape index (κ1) is 14.9. The van der Waals surface area contributed by atoms with Crippen molar-refractivity contribution in [2.45, 2.75) is 19.5 Å². The highest BCUT2D eigenvalue weighted by Gasteiger charge is 2.17. The van der Waals surface area contributed by atoms with Gasteiger partial charge in [-0.15, -0.1) is 5.10 Å². The molecule has 0 radical (unpaired) electrons. The maximum absolute atomic E-state index is 6.09. The fraction of sp³-hybridized carbons (Fsp3) is 0.467. The van der Waals surface area contributed by atoms with E-state index in [9.17, 15) is 0 Å². The van der Waals surface area contributed by atoms with Gasteiger partial charge in [-0.25, -0.2) is 0 Å². The summed E-state index contributed by atoms with van der Waals surface area (Å²) in [6, 6.07) is 10.7. The van der Waals surface area contributed by atoms with E-state index >= 15 is 0 Å². The first-order valence-electron chi connectivity index (χ1n) is 7.26. The minimum absolute atomic E-state index is 0.723. The molecule has 1 aliphatic heterocycles. The highest BCUT2D eigenvalue weighted by molar-refractivity contribution is 7.10. The van der Waals surface area contributed by atoms with Crippen molar-refractivity contribution in [1.82, 2.24) is 19.4 Å². The van der Waals surface area contributed by atoms with Crippen molar-refractivity contribution in [3.63, 3.8) is 0 Å². The molecule has 1 saturated heterocycles. The van der Waals surface area contributed by atoms with Crippen LogP contribution in [0.1, 0.15) is 17.7 Å². The van der Waals surface area contributed by atoms with Gasteiger partial charge in [0.25, 0.3) is 0 Å². The number of aromatic nitrogens is 2. The predicted octanol–water partition coefficient (Wildman–Crippen LogP) is 2.90. The first-order valence-corrected chi connectivity index (χ1v) is 8.42. The van der Waals surface area contributed by atoms with E-state index in [0.29, 0.717) is 0 Å². The summed E-state index contributed by atoms with van der Waals surface area (Å²) in [4.78, 5) is 4.95. The Morgan fingerprint density at radius 1 is 1.00 bits per heavy atom.